The molecule has 5 nitrogen and oxygen atoms in total. The van der Waals surface area contributed by atoms with Crippen molar-refractivity contribution in [1.82, 2.24) is 14.9 Å². The summed E-state index contributed by atoms with van der Waals surface area (Å²) < 4.78 is 0. The van der Waals surface area contributed by atoms with Gasteiger partial charge < -0.3 is 15.5 Å². The van der Waals surface area contributed by atoms with Crippen molar-refractivity contribution in [3.63, 3.8) is 0 Å². The summed E-state index contributed by atoms with van der Waals surface area (Å²) in [5.74, 6) is 0.734. The van der Waals surface area contributed by atoms with Gasteiger partial charge in [0.1, 0.15) is 10.7 Å². The first-order valence-corrected chi connectivity index (χ1v) is 6.53. The largest absolute Gasteiger partial charge is 0.388 e. The van der Waals surface area contributed by atoms with Gasteiger partial charge in [-0.05, 0) is 33.0 Å². The Hall–Kier alpha value is -1.27. The second-order valence-electron chi connectivity index (χ2n) is 4.79. The zero-order valence-electron chi connectivity index (χ0n) is 10.8. The Morgan fingerprint density at radius 2 is 2.11 bits per heavy atom. The molecule has 0 unspecified atom stereocenters. The van der Waals surface area contributed by atoms with Gasteiger partial charge in [0, 0.05) is 25.3 Å². The number of hydrogen-bond acceptors (Lipinski definition) is 5. The average molecular weight is 265 g/mol. The quantitative estimate of drug-likeness (QED) is 0.810. The normalized spacial score (nSPS) is 17.2. The van der Waals surface area contributed by atoms with Gasteiger partial charge in [-0.3, -0.25) is 0 Å². The van der Waals surface area contributed by atoms with Gasteiger partial charge in [0.15, 0.2) is 0 Å². The van der Waals surface area contributed by atoms with Gasteiger partial charge in [-0.15, -0.1) is 0 Å². The van der Waals surface area contributed by atoms with Crippen LogP contribution in [0, 0.1) is 0 Å². The van der Waals surface area contributed by atoms with Gasteiger partial charge in [-0.25, -0.2) is 9.97 Å². The molecule has 98 valence electrons. The van der Waals surface area contributed by atoms with Crippen LogP contribution in [-0.4, -0.2) is 53.1 Å². The highest BCUT2D eigenvalue weighted by Crippen LogP contribution is 2.18. The van der Waals surface area contributed by atoms with E-state index in [1.165, 1.54) is 0 Å². The minimum atomic E-state index is 0.321. The highest BCUT2D eigenvalue weighted by molar-refractivity contribution is 7.80. The lowest BCUT2D eigenvalue weighted by molar-refractivity contribution is 0.249. The fraction of sp³-hybridized carbons (Fsp3) is 0.583. The third-order valence-electron chi connectivity index (χ3n) is 3.37. The molecular weight excluding hydrogens is 246 g/mol. The van der Waals surface area contributed by atoms with Crippen molar-refractivity contribution in [3.05, 3.63) is 18.0 Å². The summed E-state index contributed by atoms with van der Waals surface area (Å²) in [5, 5.41) is 0. The Bertz CT molecular complexity index is 426. The van der Waals surface area contributed by atoms with E-state index in [1.54, 1.807) is 12.3 Å². The third-order valence-corrected chi connectivity index (χ3v) is 3.58. The van der Waals surface area contributed by atoms with E-state index in [9.17, 15) is 0 Å². The van der Waals surface area contributed by atoms with Crippen LogP contribution in [0.3, 0.4) is 0 Å². The Morgan fingerprint density at radius 1 is 1.44 bits per heavy atom. The molecule has 1 fully saturated rings. The minimum absolute atomic E-state index is 0.321. The Labute approximate surface area is 113 Å². The number of hydrogen-bond donors (Lipinski definition) is 1. The van der Waals surface area contributed by atoms with Gasteiger partial charge in [0.25, 0.3) is 0 Å². The van der Waals surface area contributed by atoms with Crippen LogP contribution < -0.4 is 10.6 Å². The molecule has 0 amide bonds. The number of rotatable bonds is 3. The highest BCUT2D eigenvalue weighted by atomic mass is 32.1. The highest BCUT2D eigenvalue weighted by Gasteiger charge is 2.22. The molecule has 1 aliphatic heterocycles. The lowest BCUT2D eigenvalue weighted by Crippen LogP contribution is -2.42. The summed E-state index contributed by atoms with van der Waals surface area (Å²) in [6, 6.07) is 2.40. The SMILES string of the molecule is CN(C)C1CCN(c2nccc(C(N)=S)n2)CC1. The van der Waals surface area contributed by atoms with Crippen LogP contribution in [0.15, 0.2) is 12.3 Å². The van der Waals surface area contributed by atoms with E-state index in [0.717, 1.165) is 31.9 Å². The zero-order chi connectivity index (χ0) is 13.1. The summed E-state index contributed by atoms with van der Waals surface area (Å²) in [6.07, 6.45) is 3.98. The van der Waals surface area contributed by atoms with E-state index < -0.39 is 0 Å². The van der Waals surface area contributed by atoms with E-state index in [-0.39, 0.29) is 0 Å². The fourth-order valence-electron chi connectivity index (χ4n) is 2.22. The average Bonchev–Trinajstić information content (AvgIpc) is 2.39. The first kappa shape index (κ1) is 13.2. The maximum atomic E-state index is 5.59. The molecule has 18 heavy (non-hydrogen) atoms. The molecule has 2 N–H and O–H groups in total. The standard InChI is InChI=1S/C12H19N5S/c1-16(2)9-4-7-17(8-5-9)12-14-6-3-10(15-12)11(13)18/h3,6,9H,4-5,7-8H2,1-2H3,(H2,13,18). The first-order valence-electron chi connectivity index (χ1n) is 6.12. The van der Waals surface area contributed by atoms with Crippen molar-refractivity contribution in [2.24, 2.45) is 5.73 Å². The lowest BCUT2D eigenvalue weighted by Gasteiger charge is -2.35. The van der Waals surface area contributed by atoms with Crippen molar-refractivity contribution in [3.8, 4) is 0 Å². The van der Waals surface area contributed by atoms with Gasteiger partial charge in [0.2, 0.25) is 5.95 Å². The molecule has 2 rings (SSSR count). The van der Waals surface area contributed by atoms with Crippen LogP contribution in [0.1, 0.15) is 18.5 Å². The van der Waals surface area contributed by atoms with Crippen molar-refractivity contribution in [2.45, 2.75) is 18.9 Å². The second kappa shape index (κ2) is 5.58. The van der Waals surface area contributed by atoms with E-state index in [1.807, 2.05) is 0 Å². The molecule has 0 spiro atoms. The topological polar surface area (TPSA) is 58.3 Å². The Morgan fingerprint density at radius 3 is 2.67 bits per heavy atom. The first-order chi connectivity index (χ1) is 8.58. The fourth-order valence-corrected chi connectivity index (χ4v) is 2.33. The molecule has 6 heteroatoms. The van der Waals surface area contributed by atoms with E-state index in [4.69, 9.17) is 18.0 Å². The van der Waals surface area contributed by atoms with Gasteiger partial charge in [0.05, 0.1) is 0 Å². The maximum Gasteiger partial charge on any atom is 0.225 e. The van der Waals surface area contributed by atoms with Gasteiger partial charge in [-0.1, -0.05) is 12.2 Å². The van der Waals surface area contributed by atoms with Crippen molar-refractivity contribution in [1.29, 1.82) is 0 Å². The number of nitrogens with zero attached hydrogens (tertiary/aromatic N) is 4. The summed E-state index contributed by atoms with van der Waals surface area (Å²) in [7, 11) is 4.26. The van der Waals surface area contributed by atoms with Gasteiger partial charge in [-0.2, -0.15) is 0 Å². The predicted molar refractivity (Wildman–Crippen MR) is 76.8 cm³/mol. The van der Waals surface area contributed by atoms with Crippen molar-refractivity contribution in [2.75, 3.05) is 32.1 Å². The van der Waals surface area contributed by atoms with E-state index >= 15 is 0 Å². The molecule has 0 atom stereocenters. The zero-order valence-corrected chi connectivity index (χ0v) is 11.7. The summed E-state index contributed by atoms with van der Waals surface area (Å²) in [6.45, 7) is 1.95. The van der Waals surface area contributed by atoms with Crippen LogP contribution >= 0.6 is 12.2 Å². The number of aromatic nitrogens is 2. The van der Waals surface area contributed by atoms with Crippen LogP contribution in [0.4, 0.5) is 5.95 Å². The molecule has 0 bridgehead atoms. The molecule has 0 radical (unpaired) electrons. The van der Waals surface area contributed by atoms with Gasteiger partial charge >= 0.3 is 0 Å². The number of thiocarbonyl (C=S) groups is 1. The van der Waals surface area contributed by atoms with E-state index in [2.05, 4.69) is 33.9 Å². The summed E-state index contributed by atoms with van der Waals surface area (Å²) in [5.41, 5.74) is 6.23. The number of anilines is 1. The molecule has 0 aromatic carbocycles. The van der Waals surface area contributed by atoms with Crippen LogP contribution in [0.5, 0.6) is 0 Å². The lowest BCUT2D eigenvalue weighted by atomic mass is 10.0. The Balaban J connectivity index is 2.05. The molecule has 0 aliphatic carbocycles. The molecule has 1 aromatic rings. The molecule has 0 saturated carbocycles. The Kier molecular flexibility index (Phi) is 4.08. The molecule has 2 heterocycles. The smallest absolute Gasteiger partial charge is 0.225 e. The number of nitrogens with two attached hydrogens (primary N) is 1. The third kappa shape index (κ3) is 2.94. The molecular formula is C12H19N5S. The minimum Gasteiger partial charge on any atom is -0.388 e. The second-order valence-corrected chi connectivity index (χ2v) is 5.23. The summed E-state index contributed by atoms with van der Waals surface area (Å²) in [4.78, 5) is 13.5. The van der Waals surface area contributed by atoms with Crippen molar-refractivity contribution < 1.29 is 0 Å². The summed E-state index contributed by atoms with van der Waals surface area (Å²) >= 11 is 4.94. The van der Waals surface area contributed by atoms with Crippen LogP contribution in [0.2, 0.25) is 0 Å². The molecule has 1 aliphatic rings. The van der Waals surface area contributed by atoms with Crippen molar-refractivity contribution >= 4 is 23.2 Å². The van der Waals surface area contributed by atoms with Crippen LogP contribution in [0.25, 0.3) is 0 Å². The molecule has 1 saturated heterocycles. The predicted octanol–water partition coefficient (Wildman–Crippen LogP) is 0.641. The number of piperidine rings is 1. The van der Waals surface area contributed by atoms with Crippen LogP contribution in [-0.2, 0) is 0 Å². The van der Waals surface area contributed by atoms with E-state index in [0.29, 0.717) is 16.7 Å². The maximum absolute atomic E-state index is 5.59. The monoisotopic (exact) mass is 265 g/mol. The molecule has 1 aromatic heterocycles.